The fraction of sp³-hybridized carbons (Fsp3) is 0.200. The van der Waals surface area contributed by atoms with Crippen molar-refractivity contribution < 1.29 is 9.18 Å². The lowest BCUT2D eigenvalue weighted by molar-refractivity contribution is -0.117. The minimum absolute atomic E-state index is 0.192. The second-order valence-corrected chi connectivity index (χ2v) is 9.36. The summed E-state index contributed by atoms with van der Waals surface area (Å²) in [4.78, 5) is 30.0. The fourth-order valence-corrected chi connectivity index (χ4v) is 4.32. The molecule has 0 aliphatic carbocycles. The Morgan fingerprint density at radius 3 is 2.60 bits per heavy atom. The minimum atomic E-state index is -0.290. The number of carbonyl (C=O) groups excluding carboxylic acids is 1. The van der Waals surface area contributed by atoms with E-state index in [0.29, 0.717) is 23.9 Å². The molecule has 0 unspecified atom stereocenters. The van der Waals surface area contributed by atoms with E-state index in [4.69, 9.17) is 11.6 Å². The smallest absolute Gasteiger partial charge is 0.237 e. The van der Waals surface area contributed by atoms with Crippen molar-refractivity contribution in [2.45, 2.75) is 25.2 Å². The Morgan fingerprint density at radius 1 is 1.11 bits per heavy atom. The highest BCUT2D eigenvalue weighted by Crippen LogP contribution is 2.21. The zero-order valence-electron chi connectivity index (χ0n) is 19.2. The number of carbonyl (C=O) groups is 1. The van der Waals surface area contributed by atoms with Crippen molar-refractivity contribution in [1.82, 2.24) is 20.3 Å². The average molecular weight is 511 g/mol. The molecule has 0 aliphatic heterocycles. The van der Waals surface area contributed by atoms with E-state index in [1.54, 1.807) is 18.2 Å². The molecule has 7 nitrogen and oxygen atoms in total. The van der Waals surface area contributed by atoms with Gasteiger partial charge in [-0.25, -0.2) is 14.4 Å². The third-order valence-electron chi connectivity index (χ3n) is 5.03. The first kappa shape index (κ1) is 24.7. The summed E-state index contributed by atoms with van der Waals surface area (Å²) in [6, 6.07) is 13.8. The number of aromatic nitrogens is 3. The number of aromatic amines is 1. The average Bonchev–Trinajstić information content (AvgIpc) is 3.20. The minimum Gasteiger partial charge on any atom is -0.361 e. The van der Waals surface area contributed by atoms with Crippen LogP contribution in [-0.4, -0.2) is 39.1 Å². The molecule has 3 N–H and O–H groups in total. The Bertz CT molecular complexity index is 1350. The van der Waals surface area contributed by atoms with E-state index < -0.39 is 0 Å². The van der Waals surface area contributed by atoms with Crippen LogP contribution in [0.5, 0.6) is 0 Å². The van der Waals surface area contributed by atoms with Crippen LogP contribution in [0.2, 0.25) is 5.02 Å². The molecule has 0 radical (unpaired) electrons. The standard InChI is InChI=1S/C25H24ClFN6OS/c1-15-11-16(2)31-25(30-15)33-24(32-23(34)14-35-20-6-3-18(26)4-7-20)28-10-9-17-13-29-22-8-5-19(27)12-21(17)22/h3-8,11-13,29H,9-10,14H2,1-2H3,(H2,28,30,31,32,33,34). The van der Waals surface area contributed by atoms with Gasteiger partial charge in [-0.2, -0.15) is 0 Å². The largest absolute Gasteiger partial charge is 0.361 e. The van der Waals surface area contributed by atoms with Gasteiger partial charge in [0.15, 0.2) is 0 Å². The predicted octanol–water partition coefficient (Wildman–Crippen LogP) is 5.29. The topological polar surface area (TPSA) is 95.1 Å². The van der Waals surface area contributed by atoms with E-state index in [9.17, 15) is 9.18 Å². The van der Waals surface area contributed by atoms with E-state index in [1.165, 1.54) is 23.9 Å². The molecule has 10 heteroatoms. The Balaban J connectivity index is 1.46. The maximum Gasteiger partial charge on any atom is 0.237 e. The first-order chi connectivity index (χ1) is 16.9. The van der Waals surface area contributed by atoms with Crippen molar-refractivity contribution >= 4 is 52.1 Å². The van der Waals surface area contributed by atoms with Crippen LogP contribution < -0.4 is 10.6 Å². The number of fused-ring (bicyclic) bond motifs is 1. The number of halogens is 2. The molecule has 180 valence electrons. The number of amides is 1. The van der Waals surface area contributed by atoms with Crippen LogP contribution in [0.1, 0.15) is 17.0 Å². The molecule has 4 rings (SSSR count). The normalized spacial score (nSPS) is 11.6. The number of guanidine groups is 1. The third-order valence-corrected chi connectivity index (χ3v) is 6.30. The second-order valence-electron chi connectivity index (χ2n) is 7.87. The number of aliphatic imine (C=N–C) groups is 1. The number of rotatable bonds is 7. The van der Waals surface area contributed by atoms with Gasteiger partial charge >= 0.3 is 0 Å². The van der Waals surface area contributed by atoms with Gasteiger partial charge in [0.1, 0.15) is 5.82 Å². The van der Waals surface area contributed by atoms with Gasteiger partial charge in [-0.05, 0) is 74.4 Å². The third kappa shape index (κ3) is 7.03. The summed E-state index contributed by atoms with van der Waals surface area (Å²) in [5.41, 5.74) is 3.39. The Morgan fingerprint density at radius 2 is 1.86 bits per heavy atom. The number of hydrogen-bond acceptors (Lipinski definition) is 5. The summed E-state index contributed by atoms with van der Waals surface area (Å²) in [5, 5.41) is 7.30. The van der Waals surface area contributed by atoms with Crippen LogP contribution in [0, 0.1) is 19.7 Å². The lowest BCUT2D eigenvalue weighted by atomic mass is 10.1. The van der Waals surface area contributed by atoms with Gasteiger partial charge in [0.2, 0.25) is 17.8 Å². The molecule has 0 aliphatic rings. The maximum atomic E-state index is 13.7. The second kappa shape index (κ2) is 11.3. The SMILES string of the molecule is Cc1cc(C)nc(NC(=NCCc2c[nH]c3ccc(F)cc23)NC(=O)CSc2ccc(Cl)cc2)n1. The van der Waals surface area contributed by atoms with Gasteiger partial charge < -0.3 is 4.98 Å². The molecule has 0 bridgehead atoms. The van der Waals surface area contributed by atoms with Gasteiger partial charge in [-0.3, -0.25) is 20.4 Å². The molecular weight excluding hydrogens is 487 g/mol. The van der Waals surface area contributed by atoms with Gasteiger partial charge in [0.05, 0.1) is 5.75 Å². The molecule has 0 spiro atoms. The lowest BCUT2D eigenvalue weighted by Gasteiger charge is -2.11. The number of nitrogens with one attached hydrogen (secondary N) is 3. The molecule has 2 aromatic carbocycles. The first-order valence-corrected chi connectivity index (χ1v) is 12.3. The van der Waals surface area contributed by atoms with Crippen LogP contribution >= 0.6 is 23.4 Å². The Hall–Kier alpha value is -3.43. The van der Waals surface area contributed by atoms with Crippen molar-refractivity contribution in [1.29, 1.82) is 0 Å². The number of benzene rings is 2. The van der Waals surface area contributed by atoms with E-state index in [0.717, 1.165) is 32.7 Å². The fourth-order valence-electron chi connectivity index (χ4n) is 3.49. The first-order valence-electron chi connectivity index (χ1n) is 10.9. The monoisotopic (exact) mass is 510 g/mol. The van der Waals surface area contributed by atoms with Crippen LogP contribution in [0.3, 0.4) is 0 Å². The van der Waals surface area contributed by atoms with Crippen LogP contribution in [0.4, 0.5) is 10.3 Å². The molecule has 35 heavy (non-hydrogen) atoms. The van der Waals surface area contributed by atoms with E-state index in [2.05, 4.69) is 30.6 Å². The van der Waals surface area contributed by atoms with Gasteiger partial charge in [-0.15, -0.1) is 11.8 Å². The number of anilines is 1. The number of aryl methyl sites for hydroxylation is 2. The highest BCUT2D eigenvalue weighted by molar-refractivity contribution is 8.00. The maximum absolute atomic E-state index is 13.7. The van der Waals surface area contributed by atoms with Crippen LogP contribution in [0.15, 0.2) is 64.6 Å². The number of thioether (sulfide) groups is 1. The van der Waals surface area contributed by atoms with E-state index in [1.807, 2.05) is 38.2 Å². The van der Waals surface area contributed by atoms with Crippen molar-refractivity contribution in [3.05, 3.63) is 82.5 Å². The van der Waals surface area contributed by atoms with E-state index >= 15 is 0 Å². The summed E-state index contributed by atoms with van der Waals surface area (Å²) in [6.45, 7) is 4.10. The summed E-state index contributed by atoms with van der Waals surface area (Å²) in [6.07, 6.45) is 2.40. The number of hydrogen-bond donors (Lipinski definition) is 3. The van der Waals surface area contributed by atoms with Gasteiger partial charge in [-0.1, -0.05) is 11.6 Å². The van der Waals surface area contributed by atoms with Gasteiger partial charge in [0.25, 0.3) is 0 Å². The van der Waals surface area contributed by atoms with Gasteiger partial charge in [0, 0.05) is 45.0 Å². The molecular formula is C25H24ClFN6OS. The zero-order valence-corrected chi connectivity index (χ0v) is 20.8. The highest BCUT2D eigenvalue weighted by Gasteiger charge is 2.11. The van der Waals surface area contributed by atoms with Crippen LogP contribution in [0.25, 0.3) is 10.9 Å². The molecule has 0 saturated carbocycles. The van der Waals surface area contributed by atoms with Crippen LogP contribution in [-0.2, 0) is 11.2 Å². The van der Waals surface area contributed by atoms with Crippen molar-refractivity contribution in [2.24, 2.45) is 4.99 Å². The van der Waals surface area contributed by atoms with Crippen molar-refractivity contribution in [3.8, 4) is 0 Å². The molecule has 0 saturated heterocycles. The molecule has 1 amide bonds. The lowest BCUT2D eigenvalue weighted by Crippen LogP contribution is -2.38. The number of nitrogens with zero attached hydrogens (tertiary/aromatic N) is 3. The molecule has 0 atom stereocenters. The quantitative estimate of drug-likeness (QED) is 0.178. The van der Waals surface area contributed by atoms with Crippen molar-refractivity contribution in [2.75, 3.05) is 17.6 Å². The van der Waals surface area contributed by atoms with E-state index in [-0.39, 0.29) is 23.4 Å². The summed E-state index contributed by atoms with van der Waals surface area (Å²) in [5.74, 6) is 0.276. The predicted molar refractivity (Wildman–Crippen MR) is 140 cm³/mol. The Labute approximate surface area is 211 Å². The zero-order chi connectivity index (χ0) is 24.8. The molecule has 0 fully saturated rings. The summed E-state index contributed by atoms with van der Waals surface area (Å²) in [7, 11) is 0. The van der Waals surface area contributed by atoms with Crippen molar-refractivity contribution in [3.63, 3.8) is 0 Å². The molecule has 4 aromatic rings. The molecule has 2 heterocycles. The summed E-state index contributed by atoms with van der Waals surface area (Å²) >= 11 is 7.31. The summed E-state index contributed by atoms with van der Waals surface area (Å²) < 4.78 is 13.7. The Kier molecular flexibility index (Phi) is 7.99. The number of H-pyrrole nitrogens is 1. The highest BCUT2D eigenvalue weighted by atomic mass is 35.5. The molecule has 2 aromatic heterocycles.